The average Bonchev–Trinajstić information content (AvgIpc) is 3.45. The molecule has 2 aromatic carbocycles. The van der Waals surface area contributed by atoms with E-state index in [1.54, 1.807) is 9.58 Å². The van der Waals surface area contributed by atoms with E-state index in [9.17, 15) is 9.59 Å². The maximum Gasteiger partial charge on any atom is 0.249 e. The van der Waals surface area contributed by atoms with Crippen molar-refractivity contribution in [3.05, 3.63) is 84.2 Å². The number of rotatable bonds is 9. The fraction of sp³-hybridized carbons (Fsp3) is 0.333. The molecular weight excluding hydrogens is 440 g/mol. The predicted molar refractivity (Wildman–Crippen MR) is 135 cm³/mol. The zero-order valence-electron chi connectivity index (χ0n) is 20.7. The third-order valence-electron chi connectivity index (χ3n) is 6.39. The molecule has 0 fully saturated rings. The number of carbonyl (C=O) groups is 2. The normalized spacial score (nSPS) is 12.5. The van der Waals surface area contributed by atoms with Crippen molar-refractivity contribution in [3.8, 4) is 0 Å². The van der Waals surface area contributed by atoms with Gasteiger partial charge in [0.1, 0.15) is 12.1 Å². The lowest BCUT2D eigenvalue weighted by atomic mass is 10.00. The lowest BCUT2D eigenvalue weighted by Gasteiger charge is -2.34. The van der Waals surface area contributed by atoms with E-state index in [4.69, 9.17) is 0 Å². The minimum atomic E-state index is -0.816. The van der Waals surface area contributed by atoms with E-state index < -0.39 is 11.6 Å². The Morgan fingerprint density at radius 3 is 2.43 bits per heavy atom. The number of nitrogens with one attached hydrogen (secondary N) is 1. The monoisotopic (exact) mass is 472 g/mol. The number of aromatic nitrogens is 4. The Morgan fingerprint density at radius 1 is 1.03 bits per heavy atom. The molecule has 0 bridgehead atoms. The van der Waals surface area contributed by atoms with Crippen LogP contribution in [-0.2, 0) is 29.7 Å². The lowest BCUT2D eigenvalue weighted by Crippen LogP contribution is -2.51. The molecule has 1 atom stereocenters. The Hall–Kier alpha value is -3.94. The number of aryl methyl sites for hydroxylation is 1. The van der Waals surface area contributed by atoms with Crippen LogP contribution in [0.3, 0.4) is 0 Å². The molecule has 8 nitrogen and oxygen atoms in total. The fourth-order valence-corrected chi connectivity index (χ4v) is 4.04. The number of fused-ring (bicyclic) bond motifs is 1. The molecule has 0 saturated carbocycles. The summed E-state index contributed by atoms with van der Waals surface area (Å²) in [6.45, 7) is 6.25. The third-order valence-corrected chi connectivity index (χ3v) is 6.39. The largest absolute Gasteiger partial charge is 0.352 e. The summed E-state index contributed by atoms with van der Waals surface area (Å²) in [7, 11) is 1.89. The topological polar surface area (TPSA) is 85.0 Å². The van der Waals surface area contributed by atoms with Crippen molar-refractivity contribution in [1.29, 1.82) is 0 Å². The number of hydrogen-bond donors (Lipinski definition) is 1. The van der Waals surface area contributed by atoms with Gasteiger partial charge in [-0.3, -0.25) is 9.59 Å². The highest BCUT2D eigenvalue weighted by Crippen LogP contribution is 2.26. The van der Waals surface area contributed by atoms with Gasteiger partial charge in [-0.05, 0) is 50.1 Å². The van der Waals surface area contributed by atoms with Crippen LogP contribution in [0, 0.1) is 0 Å². The van der Waals surface area contributed by atoms with Crippen molar-refractivity contribution in [2.75, 3.05) is 0 Å². The second-order valence-electron chi connectivity index (χ2n) is 9.42. The Labute approximate surface area is 205 Å². The molecule has 0 aliphatic heterocycles. The molecule has 2 heterocycles. The first-order chi connectivity index (χ1) is 16.8. The fourth-order valence-electron chi connectivity index (χ4n) is 4.04. The summed E-state index contributed by atoms with van der Waals surface area (Å²) < 4.78 is 3.48. The molecule has 35 heavy (non-hydrogen) atoms. The Morgan fingerprint density at radius 2 is 1.74 bits per heavy atom. The summed E-state index contributed by atoms with van der Waals surface area (Å²) in [5.41, 5.74) is 2.75. The van der Waals surface area contributed by atoms with Gasteiger partial charge in [-0.25, -0.2) is 4.68 Å². The lowest BCUT2D eigenvalue weighted by molar-refractivity contribution is -0.143. The molecule has 0 spiro atoms. The van der Waals surface area contributed by atoms with Gasteiger partial charge in [0.2, 0.25) is 11.8 Å². The Balaban J connectivity index is 1.75. The van der Waals surface area contributed by atoms with Crippen LogP contribution in [0.2, 0.25) is 0 Å². The number of nitrogens with zero attached hydrogens (tertiary/aromatic N) is 5. The van der Waals surface area contributed by atoms with Gasteiger partial charge >= 0.3 is 0 Å². The predicted octanol–water partition coefficient (Wildman–Crippen LogP) is 3.84. The maximum atomic E-state index is 13.9. The molecule has 8 heteroatoms. The van der Waals surface area contributed by atoms with E-state index in [1.807, 2.05) is 105 Å². The summed E-state index contributed by atoms with van der Waals surface area (Å²) in [5, 5.41) is 11.5. The van der Waals surface area contributed by atoms with Crippen molar-refractivity contribution in [2.24, 2.45) is 7.05 Å². The molecule has 2 aromatic heterocycles. The molecule has 0 radical (unpaired) electrons. The van der Waals surface area contributed by atoms with Gasteiger partial charge in [0.05, 0.1) is 5.52 Å². The summed E-state index contributed by atoms with van der Waals surface area (Å²) in [6.07, 6.45) is 2.65. The van der Waals surface area contributed by atoms with Crippen LogP contribution < -0.4 is 5.32 Å². The summed E-state index contributed by atoms with van der Waals surface area (Å²) in [4.78, 5) is 29.3. The molecule has 0 unspecified atom stereocenters. The highest BCUT2D eigenvalue weighted by Gasteiger charge is 2.35. The van der Waals surface area contributed by atoms with Gasteiger partial charge in [-0.1, -0.05) is 54.6 Å². The van der Waals surface area contributed by atoms with Crippen LogP contribution in [-0.4, -0.2) is 41.8 Å². The number of amides is 2. The SMILES string of the molecule is CCC(C)(C)NC(=O)[C@@H](c1cccn1C)N(Cc1ccccc1)C(=O)Cn1nnc2ccccc21. The van der Waals surface area contributed by atoms with E-state index >= 15 is 0 Å². The van der Waals surface area contributed by atoms with Crippen molar-refractivity contribution < 1.29 is 9.59 Å². The first-order valence-electron chi connectivity index (χ1n) is 11.8. The van der Waals surface area contributed by atoms with Crippen LogP contribution >= 0.6 is 0 Å². The number of hydrogen-bond acceptors (Lipinski definition) is 4. The van der Waals surface area contributed by atoms with Crippen LogP contribution in [0.25, 0.3) is 11.0 Å². The van der Waals surface area contributed by atoms with E-state index in [1.165, 1.54) is 0 Å². The highest BCUT2D eigenvalue weighted by atomic mass is 16.2. The first-order valence-corrected chi connectivity index (χ1v) is 11.8. The smallest absolute Gasteiger partial charge is 0.249 e. The molecule has 0 saturated heterocycles. The second-order valence-corrected chi connectivity index (χ2v) is 9.42. The van der Waals surface area contributed by atoms with Crippen LogP contribution in [0.1, 0.15) is 44.5 Å². The van der Waals surface area contributed by atoms with Gasteiger partial charge in [0, 0.05) is 31.0 Å². The second kappa shape index (κ2) is 10.1. The molecule has 182 valence electrons. The van der Waals surface area contributed by atoms with Gasteiger partial charge in [-0.2, -0.15) is 0 Å². The van der Waals surface area contributed by atoms with Crippen LogP contribution in [0.4, 0.5) is 0 Å². The number of benzene rings is 2. The Bertz CT molecular complexity index is 1310. The molecular formula is C27H32N6O2. The van der Waals surface area contributed by atoms with Gasteiger partial charge < -0.3 is 14.8 Å². The van der Waals surface area contributed by atoms with E-state index in [-0.39, 0.29) is 24.9 Å². The maximum absolute atomic E-state index is 13.9. The zero-order valence-corrected chi connectivity index (χ0v) is 20.7. The first kappa shape index (κ1) is 24.2. The van der Waals surface area contributed by atoms with Gasteiger partial charge in [0.15, 0.2) is 6.04 Å². The van der Waals surface area contributed by atoms with Crippen LogP contribution in [0.15, 0.2) is 72.9 Å². The minimum absolute atomic E-state index is 0.0290. The van der Waals surface area contributed by atoms with Gasteiger partial charge in [-0.15, -0.1) is 5.10 Å². The van der Waals surface area contributed by atoms with Crippen molar-refractivity contribution in [2.45, 2.75) is 51.9 Å². The Kier molecular flexibility index (Phi) is 7.00. The van der Waals surface area contributed by atoms with Crippen molar-refractivity contribution in [3.63, 3.8) is 0 Å². The summed E-state index contributed by atoms with van der Waals surface area (Å²) >= 11 is 0. The van der Waals surface area contributed by atoms with Crippen LogP contribution in [0.5, 0.6) is 0 Å². The van der Waals surface area contributed by atoms with E-state index in [0.29, 0.717) is 0 Å². The summed E-state index contributed by atoms with van der Waals surface area (Å²) in [5.74, 6) is -0.438. The molecule has 4 rings (SSSR count). The van der Waals surface area contributed by atoms with Crippen molar-refractivity contribution in [1.82, 2.24) is 29.8 Å². The minimum Gasteiger partial charge on any atom is -0.352 e. The molecule has 0 aliphatic rings. The molecule has 0 aliphatic carbocycles. The highest BCUT2D eigenvalue weighted by molar-refractivity contribution is 5.89. The number of carbonyl (C=O) groups excluding carboxylic acids is 2. The summed E-state index contributed by atoms with van der Waals surface area (Å²) in [6, 6.07) is 20.2. The average molecular weight is 473 g/mol. The number of para-hydroxylation sites is 1. The quantitative estimate of drug-likeness (QED) is 0.401. The van der Waals surface area contributed by atoms with E-state index in [2.05, 4.69) is 15.6 Å². The molecule has 4 aromatic rings. The zero-order chi connectivity index (χ0) is 25.0. The van der Waals surface area contributed by atoms with E-state index in [0.717, 1.165) is 28.7 Å². The molecule has 1 N–H and O–H groups in total. The third kappa shape index (κ3) is 5.42. The standard InChI is InChI=1S/C27H32N6O2/c1-5-27(2,3)28-26(35)25(23-16-11-17-31(23)4)32(18-20-12-7-6-8-13-20)24(34)19-33-22-15-10-9-14-21(22)29-30-33/h6-17,25H,5,18-19H2,1-4H3,(H,28,35)/t25-/m1/s1. The molecule has 2 amide bonds. The van der Waals surface area contributed by atoms with Crippen molar-refractivity contribution >= 4 is 22.8 Å². The van der Waals surface area contributed by atoms with Gasteiger partial charge in [0.25, 0.3) is 0 Å².